The van der Waals surface area contributed by atoms with E-state index in [1.165, 1.54) is 5.56 Å². The third kappa shape index (κ3) is 2.94. The lowest BCUT2D eigenvalue weighted by atomic mass is 10.0. The molecule has 1 atom stereocenters. The van der Waals surface area contributed by atoms with Crippen molar-refractivity contribution in [2.75, 3.05) is 0 Å². The number of benzene rings is 1. The largest absolute Gasteiger partial charge is 0.388 e. The van der Waals surface area contributed by atoms with E-state index in [0.717, 1.165) is 22.9 Å². The third-order valence-electron chi connectivity index (χ3n) is 2.55. The van der Waals surface area contributed by atoms with Gasteiger partial charge in [0.05, 0.1) is 6.10 Å². The Kier molecular flexibility index (Phi) is 4.16. The van der Waals surface area contributed by atoms with Gasteiger partial charge in [0.15, 0.2) is 0 Å². The van der Waals surface area contributed by atoms with Gasteiger partial charge in [0.2, 0.25) is 0 Å². The number of aliphatic hydroxyl groups is 1. The van der Waals surface area contributed by atoms with Gasteiger partial charge in [-0.25, -0.2) is 0 Å². The van der Waals surface area contributed by atoms with E-state index in [4.69, 9.17) is 0 Å². The molecule has 84 valence electrons. The van der Waals surface area contributed by atoms with Gasteiger partial charge in [-0.2, -0.15) is 11.3 Å². The van der Waals surface area contributed by atoms with Crippen LogP contribution >= 0.6 is 27.3 Å². The lowest BCUT2D eigenvalue weighted by Crippen LogP contribution is -2.00. The van der Waals surface area contributed by atoms with Crippen LogP contribution in [0.5, 0.6) is 0 Å². The van der Waals surface area contributed by atoms with E-state index in [2.05, 4.69) is 32.8 Å². The minimum atomic E-state index is -0.393. The fourth-order valence-corrected chi connectivity index (χ4v) is 2.89. The van der Waals surface area contributed by atoms with Crippen molar-refractivity contribution in [3.63, 3.8) is 0 Å². The maximum atomic E-state index is 10.1. The van der Waals surface area contributed by atoms with Crippen molar-refractivity contribution in [2.45, 2.75) is 18.9 Å². The summed E-state index contributed by atoms with van der Waals surface area (Å²) in [5, 5.41) is 14.3. The highest BCUT2D eigenvalue weighted by molar-refractivity contribution is 9.10. The molecule has 0 amide bonds. The predicted octanol–water partition coefficient (Wildman–Crippen LogP) is 4.18. The fourth-order valence-electron chi connectivity index (χ4n) is 1.64. The highest BCUT2D eigenvalue weighted by Gasteiger charge is 2.10. The minimum Gasteiger partial charge on any atom is -0.388 e. The summed E-state index contributed by atoms with van der Waals surface area (Å²) in [5.41, 5.74) is 2.27. The van der Waals surface area contributed by atoms with Crippen LogP contribution in [0.15, 0.2) is 45.6 Å². The molecule has 2 rings (SSSR count). The molecule has 0 saturated heterocycles. The number of hydrogen-bond acceptors (Lipinski definition) is 2. The van der Waals surface area contributed by atoms with Crippen molar-refractivity contribution in [3.05, 3.63) is 56.7 Å². The Bertz CT molecular complexity index is 439. The lowest BCUT2D eigenvalue weighted by molar-refractivity contribution is 0.167. The van der Waals surface area contributed by atoms with Crippen LogP contribution in [0.2, 0.25) is 0 Å². The monoisotopic (exact) mass is 296 g/mol. The van der Waals surface area contributed by atoms with E-state index in [0.29, 0.717) is 0 Å². The maximum Gasteiger partial charge on any atom is 0.0804 e. The molecule has 0 spiro atoms. The summed E-state index contributed by atoms with van der Waals surface area (Å²) >= 11 is 5.16. The van der Waals surface area contributed by atoms with E-state index in [1.807, 2.05) is 24.3 Å². The Morgan fingerprint density at radius 1 is 1.25 bits per heavy atom. The molecule has 0 aliphatic rings. The van der Waals surface area contributed by atoms with Gasteiger partial charge in [0.25, 0.3) is 0 Å². The van der Waals surface area contributed by atoms with Gasteiger partial charge >= 0.3 is 0 Å². The second kappa shape index (κ2) is 5.62. The highest BCUT2D eigenvalue weighted by atomic mass is 79.9. The van der Waals surface area contributed by atoms with Crippen LogP contribution in [0.3, 0.4) is 0 Å². The van der Waals surface area contributed by atoms with Crippen LogP contribution in [0.4, 0.5) is 0 Å². The first kappa shape index (κ1) is 11.8. The van der Waals surface area contributed by atoms with E-state index < -0.39 is 6.10 Å². The summed E-state index contributed by atoms with van der Waals surface area (Å²) in [5.74, 6) is 0. The molecule has 0 saturated carbocycles. The highest BCUT2D eigenvalue weighted by Crippen LogP contribution is 2.26. The lowest BCUT2D eigenvalue weighted by Gasteiger charge is -2.12. The molecular formula is C13H13BrOS. The topological polar surface area (TPSA) is 20.2 Å². The normalized spacial score (nSPS) is 12.6. The molecule has 3 heteroatoms. The molecule has 0 aliphatic heterocycles. The molecule has 0 radical (unpaired) electrons. The van der Waals surface area contributed by atoms with Crippen molar-refractivity contribution in [2.24, 2.45) is 0 Å². The van der Waals surface area contributed by atoms with E-state index in [9.17, 15) is 5.11 Å². The van der Waals surface area contributed by atoms with Crippen LogP contribution in [0, 0.1) is 0 Å². The van der Waals surface area contributed by atoms with Crippen LogP contribution in [0.1, 0.15) is 23.7 Å². The molecule has 1 unspecified atom stereocenters. The van der Waals surface area contributed by atoms with Crippen LogP contribution in [-0.2, 0) is 6.42 Å². The summed E-state index contributed by atoms with van der Waals surface area (Å²) in [7, 11) is 0. The quantitative estimate of drug-likeness (QED) is 0.897. The molecule has 1 aromatic carbocycles. The zero-order chi connectivity index (χ0) is 11.4. The second-order valence-corrected chi connectivity index (χ2v) is 5.34. The molecule has 1 aromatic heterocycles. The summed E-state index contributed by atoms with van der Waals surface area (Å²) in [6, 6.07) is 9.94. The Balaban J connectivity index is 1.98. The minimum absolute atomic E-state index is 0.393. The molecule has 1 heterocycles. The van der Waals surface area contributed by atoms with E-state index in [1.54, 1.807) is 11.3 Å². The summed E-state index contributed by atoms with van der Waals surface area (Å²) in [6.45, 7) is 0. The molecule has 0 aliphatic carbocycles. The smallest absolute Gasteiger partial charge is 0.0804 e. The number of rotatable bonds is 4. The van der Waals surface area contributed by atoms with Gasteiger partial charge in [-0.3, -0.25) is 0 Å². The van der Waals surface area contributed by atoms with Crippen LogP contribution in [0.25, 0.3) is 0 Å². The van der Waals surface area contributed by atoms with E-state index in [-0.39, 0.29) is 0 Å². The first-order chi connectivity index (χ1) is 7.77. The van der Waals surface area contributed by atoms with Crippen molar-refractivity contribution < 1.29 is 5.11 Å². The molecule has 1 nitrogen and oxygen atoms in total. The van der Waals surface area contributed by atoms with Gasteiger partial charge < -0.3 is 5.11 Å². The van der Waals surface area contributed by atoms with Crippen molar-refractivity contribution >= 4 is 27.3 Å². The zero-order valence-electron chi connectivity index (χ0n) is 8.77. The van der Waals surface area contributed by atoms with Crippen molar-refractivity contribution in [1.82, 2.24) is 0 Å². The standard InChI is InChI=1S/C13H13BrOS/c14-12-4-2-1-3-11(12)13(15)6-5-10-7-8-16-9-10/h1-4,7-9,13,15H,5-6H2. The first-order valence-electron chi connectivity index (χ1n) is 5.21. The Morgan fingerprint density at radius 2 is 2.06 bits per heavy atom. The molecular weight excluding hydrogens is 284 g/mol. The van der Waals surface area contributed by atoms with Gasteiger partial charge in [0.1, 0.15) is 0 Å². The molecule has 16 heavy (non-hydrogen) atoms. The van der Waals surface area contributed by atoms with Gasteiger partial charge in [-0.15, -0.1) is 0 Å². The average molecular weight is 297 g/mol. The summed E-state index contributed by atoms with van der Waals surface area (Å²) in [6.07, 6.45) is 1.29. The number of hydrogen-bond donors (Lipinski definition) is 1. The van der Waals surface area contributed by atoms with Crippen LogP contribution < -0.4 is 0 Å². The number of aliphatic hydroxyl groups excluding tert-OH is 1. The number of aryl methyl sites for hydroxylation is 1. The Labute approximate surface area is 108 Å². The SMILES string of the molecule is OC(CCc1ccsc1)c1ccccc1Br. The van der Waals surface area contributed by atoms with Crippen molar-refractivity contribution in [1.29, 1.82) is 0 Å². The predicted molar refractivity (Wildman–Crippen MR) is 71.7 cm³/mol. The number of thiophene rings is 1. The Hall–Kier alpha value is -0.640. The zero-order valence-corrected chi connectivity index (χ0v) is 11.2. The summed E-state index contributed by atoms with van der Waals surface area (Å²) in [4.78, 5) is 0. The van der Waals surface area contributed by atoms with Crippen molar-refractivity contribution in [3.8, 4) is 0 Å². The molecule has 0 fully saturated rings. The third-order valence-corrected chi connectivity index (χ3v) is 4.00. The van der Waals surface area contributed by atoms with Gasteiger partial charge in [0, 0.05) is 4.47 Å². The molecule has 1 N–H and O–H groups in total. The fraction of sp³-hybridized carbons (Fsp3) is 0.231. The molecule has 2 aromatic rings. The van der Waals surface area contributed by atoms with Crippen LogP contribution in [-0.4, -0.2) is 5.11 Å². The molecule has 0 bridgehead atoms. The van der Waals surface area contributed by atoms with Gasteiger partial charge in [-0.05, 0) is 46.9 Å². The average Bonchev–Trinajstić information content (AvgIpc) is 2.79. The summed E-state index contributed by atoms with van der Waals surface area (Å²) < 4.78 is 0.979. The van der Waals surface area contributed by atoms with Gasteiger partial charge in [-0.1, -0.05) is 34.1 Å². The van der Waals surface area contributed by atoms with E-state index >= 15 is 0 Å². The number of halogens is 1. The Morgan fingerprint density at radius 3 is 2.75 bits per heavy atom. The first-order valence-corrected chi connectivity index (χ1v) is 6.94. The maximum absolute atomic E-state index is 10.1. The second-order valence-electron chi connectivity index (χ2n) is 3.71.